The van der Waals surface area contributed by atoms with Gasteiger partial charge in [0.05, 0.1) is 6.61 Å². The molecule has 0 spiro atoms. The van der Waals surface area contributed by atoms with E-state index in [4.69, 9.17) is 9.47 Å². The van der Waals surface area contributed by atoms with Gasteiger partial charge in [-0.05, 0) is 37.8 Å². The van der Waals surface area contributed by atoms with E-state index >= 15 is 0 Å². The summed E-state index contributed by atoms with van der Waals surface area (Å²) in [4.78, 5) is 11.6. The molecule has 1 atom stereocenters. The zero-order valence-corrected chi connectivity index (χ0v) is 11.7. The van der Waals surface area contributed by atoms with Crippen LogP contribution >= 0.6 is 0 Å². The highest BCUT2D eigenvalue weighted by molar-refractivity contribution is 5.74. The van der Waals surface area contributed by atoms with Crippen LogP contribution in [-0.2, 0) is 22.4 Å². The molecule has 3 nitrogen and oxygen atoms in total. The molecule has 3 heteroatoms. The number of carbonyl (C=O) groups excluding carboxylic acids is 1. The molecule has 1 aromatic carbocycles. The number of rotatable bonds is 6. The lowest BCUT2D eigenvalue weighted by atomic mass is 10.0. The molecule has 0 radical (unpaired) electrons. The standard InChI is InChI=1S/C15H22O3/c1-5-12-9-8-10-13(6-2)14(12)18-11(4)15(16)17-7-3/h8-11H,5-7H2,1-4H3/t11-/m1/s1. The Labute approximate surface area is 109 Å². The van der Waals surface area contributed by atoms with Crippen molar-refractivity contribution in [2.24, 2.45) is 0 Å². The molecule has 0 saturated carbocycles. The van der Waals surface area contributed by atoms with Gasteiger partial charge in [-0.25, -0.2) is 4.79 Å². The molecule has 0 heterocycles. The number of aryl methyl sites for hydroxylation is 2. The minimum absolute atomic E-state index is 0.314. The SMILES string of the molecule is CCOC(=O)[C@@H](C)Oc1c(CC)cccc1CC. The van der Waals surface area contributed by atoms with Gasteiger partial charge in [0, 0.05) is 0 Å². The largest absolute Gasteiger partial charge is 0.478 e. The van der Waals surface area contributed by atoms with Crippen molar-refractivity contribution in [3.63, 3.8) is 0 Å². The Morgan fingerprint density at radius 1 is 1.17 bits per heavy atom. The molecule has 1 aromatic rings. The molecule has 0 aliphatic heterocycles. The van der Waals surface area contributed by atoms with E-state index < -0.39 is 6.10 Å². The van der Waals surface area contributed by atoms with Crippen molar-refractivity contribution >= 4 is 5.97 Å². The number of esters is 1. The Bertz CT molecular complexity index is 376. The van der Waals surface area contributed by atoms with Crippen LogP contribution in [0, 0.1) is 0 Å². The Balaban J connectivity index is 2.91. The highest BCUT2D eigenvalue weighted by atomic mass is 16.6. The quantitative estimate of drug-likeness (QED) is 0.728. The third-order valence-corrected chi connectivity index (χ3v) is 2.85. The number of benzene rings is 1. The van der Waals surface area contributed by atoms with Crippen LogP contribution in [0.15, 0.2) is 18.2 Å². The second-order valence-corrected chi connectivity index (χ2v) is 4.12. The first-order valence-corrected chi connectivity index (χ1v) is 6.58. The molecule has 0 bridgehead atoms. The van der Waals surface area contributed by atoms with Crippen molar-refractivity contribution < 1.29 is 14.3 Å². The summed E-state index contributed by atoms with van der Waals surface area (Å²) < 4.78 is 10.8. The number of ether oxygens (including phenoxy) is 2. The van der Waals surface area contributed by atoms with Gasteiger partial charge in [0.15, 0.2) is 6.10 Å². The molecular weight excluding hydrogens is 228 g/mol. The number of hydrogen-bond acceptors (Lipinski definition) is 3. The number of hydrogen-bond donors (Lipinski definition) is 0. The smallest absolute Gasteiger partial charge is 0.347 e. The minimum atomic E-state index is -0.567. The fraction of sp³-hybridized carbons (Fsp3) is 0.533. The van der Waals surface area contributed by atoms with Crippen LogP contribution in [0.5, 0.6) is 5.75 Å². The van der Waals surface area contributed by atoms with Crippen molar-refractivity contribution in [3.8, 4) is 5.75 Å². The van der Waals surface area contributed by atoms with Crippen LogP contribution in [0.4, 0.5) is 0 Å². The molecule has 0 aliphatic rings. The van der Waals surface area contributed by atoms with Gasteiger partial charge >= 0.3 is 5.97 Å². The summed E-state index contributed by atoms with van der Waals surface area (Å²) in [5.41, 5.74) is 2.26. The zero-order valence-electron chi connectivity index (χ0n) is 11.7. The summed E-state index contributed by atoms with van der Waals surface area (Å²) >= 11 is 0. The lowest BCUT2D eigenvalue weighted by Gasteiger charge is -2.18. The lowest BCUT2D eigenvalue weighted by molar-refractivity contribution is -0.150. The topological polar surface area (TPSA) is 35.5 Å². The molecule has 0 unspecified atom stereocenters. The molecule has 0 amide bonds. The highest BCUT2D eigenvalue weighted by Gasteiger charge is 2.18. The van der Waals surface area contributed by atoms with Crippen LogP contribution in [0.1, 0.15) is 38.8 Å². The Hall–Kier alpha value is -1.51. The molecule has 0 fully saturated rings. The maximum atomic E-state index is 11.6. The summed E-state index contributed by atoms with van der Waals surface area (Å²) in [6.07, 6.45) is 1.21. The summed E-state index contributed by atoms with van der Waals surface area (Å²) in [6, 6.07) is 6.10. The maximum absolute atomic E-state index is 11.6. The van der Waals surface area contributed by atoms with Crippen molar-refractivity contribution in [2.75, 3.05) is 6.61 Å². The van der Waals surface area contributed by atoms with Crippen molar-refractivity contribution in [1.29, 1.82) is 0 Å². The molecule has 1 rings (SSSR count). The number of carbonyl (C=O) groups is 1. The van der Waals surface area contributed by atoms with Gasteiger partial charge in [-0.1, -0.05) is 32.0 Å². The lowest BCUT2D eigenvalue weighted by Crippen LogP contribution is -2.26. The zero-order chi connectivity index (χ0) is 13.5. The van der Waals surface area contributed by atoms with E-state index in [-0.39, 0.29) is 5.97 Å². The molecular formula is C15H22O3. The number of para-hydroxylation sites is 1. The van der Waals surface area contributed by atoms with Crippen LogP contribution in [-0.4, -0.2) is 18.7 Å². The highest BCUT2D eigenvalue weighted by Crippen LogP contribution is 2.26. The van der Waals surface area contributed by atoms with E-state index in [1.807, 2.05) is 18.2 Å². The molecule has 0 aromatic heterocycles. The van der Waals surface area contributed by atoms with Crippen LogP contribution in [0.3, 0.4) is 0 Å². The van der Waals surface area contributed by atoms with Gasteiger partial charge in [-0.15, -0.1) is 0 Å². The maximum Gasteiger partial charge on any atom is 0.347 e. The summed E-state index contributed by atoms with van der Waals surface area (Å²) in [5, 5.41) is 0. The van der Waals surface area contributed by atoms with Gasteiger partial charge in [-0.3, -0.25) is 0 Å². The van der Waals surface area contributed by atoms with Gasteiger partial charge in [0.2, 0.25) is 0 Å². The Morgan fingerprint density at radius 3 is 2.17 bits per heavy atom. The Morgan fingerprint density at radius 2 is 1.72 bits per heavy atom. The first-order valence-electron chi connectivity index (χ1n) is 6.58. The van der Waals surface area contributed by atoms with Crippen molar-refractivity contribution in [3.05, 3.63) is 29.3 Å². The molecule has 0 saturated heterocycles. The Kier molecular flexibility index (Phi) is 5.69. The van der Waals surface area contributed by atoms with Crippen LogP contribution < -0.4 is 4.74 Å². The predicted molar refractivity (Wildman–Crippen MR) is 71.9 cm³/mol. The van der Waals surface area contributed by atoms with Gasteiger partial charge in [0.1, 0.15) is 5.75 Å². The molecule has 0 N–H and O–H groups in total. The van der Waals surface area contributed by atoms with Crippen molar-refractivity contribution in [1.82, 2.24) is 0 Å². The van der Waals surface area contributed by atoms with E-state index in [0.29, 0.717) is 6.61 Å². The second-order valence-electron chi connectivity index (χ2n) is 4.12. The third-order valence-electron chi connectivity index (χ3n) is 2.85. The monoisotopic (exact) mass is 250 g/mol. The predicted octanol–water partition coefficient (Wildman–Crippen LogP) is 3.14. The van der Waals surface area contributed by atoms with Crippen molar-refractivity contribution in [2.45, 2.75) is 46.6 Å². The van der Waals surface area contributed by atoms with Crippen LogP contribution in [0.2, 0.25) is 0 Å². The van der Waals surface area contributed by atoms with Gasteiger partial charge in [0.25, 0.3) is 0 Å². The van der Waals surface area contributed by atoms with Crippen LogP contribution in [0.25, 0.3) is 0 Å². The fourth-order valence-electron chi connectivity index (χ4n) is 1.83. The first-order chi connectivity index (χ1) is 8.63. The van der Waals surface area contributed by atoms with Gasteiger partial charge in [-0.2, -0.15) is 0 Å². The molecule has 18 heavy (non-hydrogen) atoms. The third kappa shape index (κ3) is 3.49. The van der Waals surface area contributed by atoms with Gasteiger partial charge < -0.3 is 9.47 Å². The van der Waals surface area contributed by atoms with E-state index in [1.54, 1.807) is 13.8 Å². The minimum Gasteiger partial charge on any atom is -0.478 e. The van der Waals surface area contributed by atoms with E-state index in [1.165, 1.54) is 0 Å². The first kappa shape index (κ1) is 14.6. The fourth-order valence-corrected chi connectivity index (χ4v) is 1.83. The van der Waals surface area contributed by atoms with E-state index in [9.17, 15) is 4.79 Å². The summed E-state index contributed by atoms with van der Waals surface area (Å²) in [5.74, 6) is 0.522. The summed E-state index contributed by atoms with van der Waals surface area (Å²) in [7, 11) is 0. The summed E-state index contributed by atoms with van der Waals surface area (Å²) in [6.45, 7) is 8.06. The molecule has 0 aliphatic carbocycles. The molecule has 100 valence electrons. The average Bonchev–Trinajstić information content (AvgIpc) is 2.39. The average molecular weight is 250 g/mol. The second kappa shape index (κ2) is 7.04. The van der Waals surface area contributed by atoms with E-state index in [2.05, 4.69) is 13.8 Å². The van der Waals surface area contributed by atoms with E-state index in [0.717, 1.165) is 29.7 Å². The normalized spacial score (nSPS) is 12.0.